The Kier molecular flexibility index (Phi) is 6.06. The summed E-state index contributed by atoms with van der Waals surface area (Å²) in [5.74, 6) is -1.44. The van der Waals surface area contributed by atoms with Crippen molar-refractivity contribution in [3.8, 4) is 17.0 Å². The fourth-order valence-corrected chi connectivity index (χ4v) is 3.29. The molecule has 0 radical (unpaired) electrons. The molecule has 1 aromatic heterocycles. The van der Waals surface area contributed by atoms with Crippen LogP contribution in [0.5, 0.6) is 5.75 Å². The number of nitrogens with zero attached hydrogens (tertiary/aromatic N) is 1. The number of hydrogen-bond donors (Lipinski definition) is 2. The van der Waals surface area contributed by atoms with E-state index in [4.69, 9.17) is 4.74 Å². The highest BCUT2D eigenvalue weighted by Crippen LogP contribution is 2.25. The quantitative estimate of drug-likeness (QED) is 0.610. The van der Waals surface area contributed by atoms with Gasteiger partial charge in [-0.2, -0.15) is 0 Å². The Labute approximate surface area is 166 Å². The van der Waals surface area contributed by atoms with Crippen LogP contribution in [0.25, 0.3) is 11.3 Å². The lowest BCUT2D eigenvalue weighted by molar-refractivity contribution is -0.119. The number of hydrogen-bond acceptors (Lipinski definition) is 6. The first-order valence-electron chi connectivity index (χ1n) is 8.77. The molecule has 0 saturated heterocycles. The molecule has 2 N–H and O–H groups in total. The molecule has 0 aliphatic rings. The molecular formula is C21H20N2O4S. The molecule has 1 heterocycles. The number of thiazole rings is 1. The molecule has 0 spiro atoms. The van der Waals surface area contributed by atoms with Crippen LogP contribution in [0.3, 0.4) is 0 Å². The summed E-state index contributed by atoms with van der Waals surface area (Å²) in [4.78, 5) is 28.5. The van der Waals surface area contributed by atoms with Gasteiger partial charge in [-0.25, -0.2) is 9.78 Å². The number of esters is 1. The number of aromatic nitrogens is 1. The first kappa shape index (κ1) is 19.6. The van der Waals surface area contributed by atoms with E-state index < -0.39 is 18.5 Å². The number of phenolic OH excluding ortho intramolecular Hbond substituents is 1. The van der Waals surface area contributed by atoms with E-state index in [1.165, 1.54) is 29.0 Å². The maximum absolute atomic E-state index is 12.0. The number of phenols is 1. The first-order valence-corrected chi connectivity index (χ1v) is 9.65. The van der Waals surface area contributed by atoms with Gasteiger partial charge in [-0.3, -0.25) is 10.1 Å². The van der Waals surface area contributed by atoms with E-state index in [-0.39, 0.29) is 11.3 Å². The maximum atomic E-state index is 12.0. The molecule has 7 heteroatoms. The molecule has 3 aromatic rings. The summed E-state index contributed by atoms with van der Waals surface area (Å²) in [6.45, 7) is 3.42. The Bertz CT molecular complexity index is 996. The fourth-order valence-electron chi connectivity index (χ4n) is 2.55. The largest absolute Gasteiger partial charge is 0.507 e. The van der Waals surface area contributed by atoms with E-state index >= 15 is 0 Å². The Morgan fingerprint density at radius 3 is 2.64 bits per heavy atom. The number of nitrogens with one attached hydrogen (secondary N) is 1. The Hall–Kier alpha value is -3.19. The van der Waals surface area contributed by atoms with E-state index in [1.807, 2.05) is 29.6 Å². The zero-order chi connectivity index (χ0) is 20.1. The molecule has 144 valence electrons. The number of carbonyl (C=O) groups excluding carboxylic acids is 2. The molecule has 6 nitrogen and oxygen atoms in total. The third kappa shape index (κ3) is 4.75. The molecule has 0 bridgehead atoms. The van der Waals surface area contributed by atoms with Crippen molar-refractivity contribution in [2.75, 3.05) is 11.9 Å². The molecule has 3 rings (SSSR count). The number of rotatable bonds is 6. The molecule has 0 saturated carbocycles. The zero-order valence-electron chi connectivity index (χ0n) is 15.6. The summed E-state index contributed by atoms with van der Waals surface area (Å²) in [5.41, 5.74) is 3.81. The van der Waals surface area contributed by atoms with Gasteiger partial charge in [0.05, 0.1) is 5.69 Å². The van der Waals surface area contributed by atoms with E-state index in [1.54, 1.807) is 13.0 Å². The van der Waals surface area contributed by atoms with Crippen LogP contribution in [0.15, 0.2) is 47.8 Å². The summed E-state index contributed by atoms with van der Waals surface area (Å²) in [6, 6.07) is 12.7. The minimum absolute atomic E-state index is 0.0276. The van der Waals surface area contributed by atoms with Crippen LogP contribution in [0, 0.1) is 6.92 Å². The predicted octanol–water partition coefficient (Wildman–Crippen LogP) is 4.18. The molecule has 0 aliphatic heterocycles. The summed E-state index contributed by atoms with van der Waals surface area (Å²) in [7, 11) is 0. The minimum atomic E-state index is -0.757. The van der Waals surface area contributed by atoms with E-state index in [0.717, 1.165) is 23.2 Å². The standard InChI is InChI=1S/C21H20N2O4S/c1-3-14-5-7-15(8-6-14)17-12-28-21(22-17)23-19(25)11-27-20(26)16-10-13(2)4-9-18(16)24/h4-10,12,24H,3,11H2,1-2H3,(H,22,23,25). The predicted molar refractivity (Wildman–Crippen MR) is 109 cm³/mol. The molecule has 1 amide bonds. The van der Waals surface area contributed by atoms with Gasteiger partial charge in [-0.15, -0.1) is 11.3 Å². The Morgan fingerprint density at radius 1 is 1.18 bits per heavy atom. The summed E-state index contributed by atoms with van der Waals surface area (Å²) in [5, 5.41) is 14.6. The molecule has 0 unspecified atom stereocenters. The second-order valence-corrected chi connectivity index (χ2v) is 7.09. The summed E-state index contributed by atoms with van der Waals surface area (Å²) in [6.07, 6.45) is 0.970. The lowest BCUT2D eigenvalue weighted by Gasteiger charge is -2.07. The third-order valence-corrected chi connectivity index (χ3v) is 4.87. The third-order valence-electron chi connectivity index (χ3n) is 4.11. The maximum Gasteiger partial charge on any atom is 0.342 e. The normalized spacial score (nSPS) is 10.5. The molecule has 0 aliphatic carbocycles. The monoisotopic (exact) mass is 396 g/mol. The van der Waals surface area contributed by atoms with Crippen molar-refractivity contribution >= 4 is 28.3 Å². The lowest BCUT2D eigenvalue weighted by atomic mass is 10.1. The van der Waals surface area contributed by atoms with Crippen LogP contribution in [0.1, 0.15) is 28.4 Å². The molecule has 2 aromatic carbocycles. The van der Waals surface area contributed by atoms with Crippen molar-refractivity contribution in [2.24, 2.45) is 0 Å². The Morgan fingerprint density at radius 2 is 1.93 bits per heavy atom. The van der Waals surface area contributed by atoms with Crippen LogP contribution in [0.4, 0.5) is 5.13 Å². The van der Waals surface area contributed by atoms with Gasteiger partial charge in [0.2, 0.25) is 0 Å². The van der Waals surface area contributed by atoms with Crippen molar-refractivity contribution in [1.82, 2.24) is 4.98 Å². The number of aryl methyl sites for hydroxylation is 2. The van der Waals surface area contributed by atoms with Crippen LogP contribution in [0.2, 0.25) is 0 Å². The number of aromatic hydroxyl groups is 1. The van der Waals surface area contributed by atoms with Crippen molar-refractivity contribution < 1.29 is 19.4 Å². The summed E-state index contributed by atoms with van der Waals surface area (Å²) >= 11 is 1.29. The average molecular weight is 396 g/mol. The van der Waals surface area contributed by atoms with Crippen molar-refractivity contribution in [3.63, 3.8) is 0 Å². The van der Waals surface area contributed by atoms with E-state index in [0.29, 0.717) is 5.13 Å². The van der Waals surface area contributed by atoms with Gasteiger partial charge in [0, 0.05) is 10.9 Å². The van der Waals surface area contributed by atoms with Gasteiger partial charge in [0.25, 0.3) is 5.91 Å². The number of anilines is 1. The molecule has 0 atom stereocenters. The summed E-state index contributed by atoms with van der Waals surface area (Å²) < 4.78 is 4.98. The highest BCUT2D eigenvalue weighted by molar-refractivity contribution is 7.14. The van der Waals surface area contributed by atoms with Gasteiger partial charge in [0.15, 0.2) is 11.7 Å². The SMILES string of the molecule is CCc1ccc(-c2csc(NC(=O)COC(=O)c3cc(C)ccc3O)n2)cc1. The highest BCUT2D eigenvalue weighted by Gasteiger charge is 2.15. The van der Waals surface area contributed by atoms with Gasteiger partial charge in [-0.1, -0.05) is 42.8 Å². The van der Waals surface area contributed by atoms with E-state index in [2.05, 4.69) is 17.2 Å². The molecule has 28 heavy (non-hydrogen) atoms. The van der Waals surface area contributed by atoms with Gasteiger partial charge in [-0.05, 0) is 31.0 Å². The van der Waals surface area contributed by atoms with Crippen LogP contribution < -0.4 is 5.32 Å². The minimum Gasteiger partial charge on any atom is -0.507 e. The van der Waals surface area contributed by atoms with Gasteiger partial charge in [0.1, 0.15) is 11.3 Å². The second-order valence-electron chi connectivity index (χ2n) is 6.23. The van der Waals surface area contributed by atoms with Crippen LogP contribution in [-0.4, -0.2) is 28.6 Å². The van der Waals surface area contributed by atoms with Crippen LogP contribution in [-0.2, 0) is 16.0 Å². The molecular weight excluding hydrogens is 376 g/mol. The Balaban J connectivity index is 1.57. The number of carbonyl (C=O) groups is 2. The highest BCUT2D eigenvalue weighted by atomic mass is 32.1. The fraction of sp³-hybridized carbons (Fsp3) is 0.190. The van der Waals surface area contributed by atoms with Crippen molar-refractivity contribution in [2.45, 2.75) is 20.3 Å². The number of amides is 1. The smallest absolute Gasteiger partial charge is 0.342 e. The van der Waals surface area contributed by atoms with Crippen LogP contribution >= 0.6 is 11.3 Å². The second kappa shape index (κ2) is 8.67. The average Bonchev–Trinajstić information content (AvgIpc) is 3.16. The number of benzene rings is 2. The zero-order valence-corrected chi connectivity index (χ0v) is 16.4. The lowest BCUT2D eigenvalue weighted by Crippen LogP contribution is -2.21. The topological polar surface area (TPSA) is 88.5 Å². The number of ether oxygens (including phenoxy) is 1. The van der Waals surface area contributed by atoms with Crippen molar-refractivity contribution in [3.05, 3.63) is 64.5 Å². The van der Waals surface area contributed by atoms with Gasteiger partial charge < -0.3 is 9.84 Å². The first-order chi connectivity index (χ1) is 13.5. The van der Waals surface area contributed by atoms with Gasteiger partial charge >= 0.3 is 5.97 Å². The molecule has 0 fully saturated rings. The van der Waals surface area contributed by atoms with Crippen molar-refractivity contribution in [1.29, 1.82) is 0 Å². The van der Waals surface area contributed by atoms with E-state index in [9.17, 15) is 14.7 Å².